The quantitative estimate of drug-likeness (QED) is 0.209. The van der Waals surface area contributed by atoms with Gasteiger partial charge in [0, 0.05) is 18.1 Å². The van der Waals surface area contributed by atoms with E-state index in [9.17, 15) is 9.59 Å². The molecule has 0 aliphatic rings. The molecule has 41 heavy (non-hydrogen) atoms. The number of aryl methyl sites for hydroxylation is 1. The SMILES string of the molecule is COc1ccc(CCC(=O)c2c(OC)c(OC)c(OC)c3c(=O)cc(-c4ccc(OC)c(OC)c4)oc23)cc1OC. The van der Waals surface area contributed by atoms with Crippen LogP contribution in [0, 0.1) is 0 Å². The number of benzene rings is 3. The van der Waals surface area contributed by atoms with Crippen molar-refractivity contribution >= 4 is 16.8 Å². The van der Waals surface area contributed by atoms with Crippen LogP contribution in [-0.2, 0) is 6.42 Å². The van der Waals surface area contributed by atoms with Crippen molar-refractivity contribution in [2.24, 2.45) is 0 Å². The van der Waals surface area contributed by atoms with Gasteiger partial charge < -0.3 is 37.6 Å². The second-order valence-corrected chi connectivity index (χ2v) is 8.84. The highest BCUT2D eigenvalue weighted by molar-refractivity contribution is 6.11. The Bertz CT molecular complexity index is 1640. The van der Waals surface area contributed by atoms with Gasteiger partial charge in [-0.2, -0.15) is 0 Å². The first-order chi connectivity index (χ1) is 19.8. The van der Waals surface area contributed by atoms with Gasteiger partial charge in [-0.15, -0.1) is 0 Å². The number of fused-ring (bicyclic) bond motifs is 1. The van der Waals surface area contributed by atoms with Crippen molar-refractivity contribution in [3.63, 3.8) is 0 Å². The van der Waals surface area contributed by atoms with Gasteiger partial charge in [0.1, 0.15) is 16.7 Å². The molecule has 0 saturated carbocycles. The third kappa shape index (κ3) is 5.45. The van der Waals surface area contributed by atoms with Crippen LogP contribution < -0.4 is 38.6 Å². The Hall–Kier alpha value is -4.86. The van der Waals surface area contributed by atoms with E-state index in [1.54, 1.807) is 38.5 Å². The van der Waals surface area contributed by atoms with Gasteiger partial charge in [0.15, 0.2) is 51.3 Å². The molecule has 0 aliphatic heterocycles. The number of hydrogen-bond donors (Lipinski definition) is 0. The van der Waals surface area contributed by atoms with E-state index in [0.29, 0.717) is 35.0 Å². The van der Waals surface area contributed by atoms with Crippen LogP contribution in [0.2, 0.25) is 0 Å². The summed E-state index contributed by atoms with van der Waals surface area (Å²) < 4.78 is 44.5. The summed E-state index contributed by atoms with van der Waals surface area (Å²) >= 11 is 0. The first-order valence-electron chi connectivity index (χ1n) is 12.6. The number of ketones is 1. The van der Waals surface area contributed by atoms with Crippen LogP contribution in [-0.4, -0.2) is 55.6 Å². The topological polar surface area (TPSA) is 112 Å². The number of Topliss-reactive ketones (excluding diaryl/α,β-unsaturated/α-hetero) is 1. The summed E-state index contributed by atoms with van der Waals surface area (Å²) in [5.74, 6) is 2.30. The Morgan fingerprint density at radius 1 is 0.659 bits per heavy atom. The number of hydrogen-bond acceptors (Lipinski definition) is 10. The smallest absolute Gasteiger partial charge is 0.205 e. The zero-order valence-electron chi connectivity index (χ0n) is 24.0. The minimum Gasteiger partial charge on any atom is -0.493 e. The molecule has 0 fully saturated rings. The molecule has 0 amide bonds. The van der Waals surface area contributed by atoms with Gasteiger partial charge in [-0.25, -0.2) is 0 Å². The van der Waals surface area contributed by atoms with E-state index in [4.69, 9.17) is 37.6 Å². The Kier molecular flexibility index (Phi) is 8.91. The minimum absolute atomic E-state index is 0.0223. The summed E-state index contributed by atoms with van der Waals surface area (Å²) in [6.45, 7) is 0. The summed E-state index contributed by atoms with van der Waals surface area (Å²) in [4.78, 5) is 27.4. The van der Waals surface area contributed by atoms with Gasteiger partial charge in [0.2, 0.25) is 5.75 Å². The van der Waals surface area contributed by atoms with Gasteiger partial charge in [-0.3, -0.25) is 9.59 Å². The molecule has 0 spiro atoms. The molecule has 3 aromatic carbocycles. The molecule has 4 rings (SSSR count). The van der Waals surface area contributed by atoms with E-state index in [2.05, 4.69) is 0 Å². The first-order valence-corrected chi connectivity index (χ1v) is 12.6. The van der Waals surface area contributed by atoms with Crippen LogP contribution in [0.4, 0.5) is 0 Å². The number of carbonyl (C=O) groups is 1. The largest absolute Gasteiger partial charge is 0.493 e. The van der Waals surface area contributed by atoms with E-state index in [1.807, 2.05) is 12.1 Å². The summed E-state index contributed by atoms with van der Waals surface area (Å²) in [7, 11) is 10.4. The van der Waals surface area contributed by atoms with Gasteiger partial charge >= 0.3 is 0 Å². The molecular formula is C31H32O10. The highest BCUT2D eigenvalue weighted by atomic mass is 16.5. The van der Waals surface area contributed by atoms with Crippen LogP contribution in [0.5, 0.6) is 40.2 Å². The molecule has 0 atom stereocenters. The summed E-state index contributed by atoms with van der Waals surface area (Å²) in [6, 6.07) is 11.9. The van der Waals surface area contributed by atoms with Gasteiger partial charge in [-0.05, 0) is 42.3 Å². The second kappa shape index (κ2) is 12.5. The second-order valence-electron chi connectivity index (χ2n) is 8.84. The maximum absolute atomic E-state index is 13.9. The molecule has 0 aliphatic carbocycles. The van der Waals surface area contributed by atoms with E-state index < -0.39 is 5.43 Å². The highest BCUT2D eigenvalue weighted by Gasteiger charge is 2.30. The van der Waals surface area contributed by atoms with Gasteiger partial charge in [-0.1, -0.05) is 6.07 Å². The average Bonchev–Trinajstić information content (AvgIpc) is 3.01. The van der Waals surface area contributed by atoms with Crippen LogP contribution in [0.15, 0.2) is 51.7 Å². The van der Waals surface area contributed by atoms with Crippen LogP contribution in [0.1, 0.15) is 22.3 Å². The van der Waals surface area contributed by atoms with E-state index >= 15 is 0 Å². The fourth-order valence-corrected chi connectivity index (χ4v) is 4.70. The zero-order chi connectivity index (χ0) is 29.7. The lowest BCUT2D eigenvalue weighted by atomic mass is 9.98. The molecular weight excluding hydrogens is 532 g/mol. The van der Waals surface area contributed by atoms with Crippen molar-refractivity contribution in [3.8, 4) is 51.6 Å². The standard InChI is InChI=1S/C31H32O10/c1-34-21-12-9-17(14-24(21)36-3)8-11-19(32)26-28-27(30(39-6)31(40-7)29(26)38-5)20(33)16-23(41-28)18-10-13-22(35-2)25(15-18)37-4/h9-10,12-16H,8,11H2,1-7H3. The number of carbonyl (C=O) groups excluding carboxylic acids is 1. The molecule has 0 unspecified atom stereocenters. The summed E-state index contributed by atoms with van der Waals surface area (Å²) in [5, 5.41) is 0.0591. The van der Waals surface area contributed by atoms with Crippen molar-refractivity contribution in [3.05, 3.63) is 63.8 Å². The Labute approximate surface area is 237 Å². The van der Waals surface area contributed by atoms with Crippen LogP contribution in [0.25, 0.3) is 22.3 Å². The van der Waals surface area contributed by atoms with E-state index in [-0.39, 0.29) is 51.7 Å². The molecule has 1 aromatic heterocycles. The lowest BCUT2D eigenvalue weighted by Gasteiger charge is -2.18. The Morgan fingerprint density at radius 2 is 1.24 bits per heavy atom. The molecule has 216 valence electrons. The fraction of sp³-hybridized carbons (Fsp3) is 0.290. The predicted octanol–water partition coefficient (Wildman–Crippen LogP) is 5.34. The van der Waals surface area contributed by atoms with E-state index in [1.165, 1.54) is 41.6 Å². The summed E-state index contributed by atoms with van der Waals surface area (Å²) in [5.41, 5.74) is 1.06. The van der Waals surface area contributed by atoms with E-state index in [0.717, 1.165) is 5.56 Å². The third-order valence-corrected chi connectivity index (χ3v) is 6.69. The Balaban J connectivity index is 1.90. The molecule has 10 heteroatoms. The number of methoxy groups -OCH3 is 7. The zero-order valence-corrected chi connectivity index (χ0v) is 24.0. The number of rotatable bonds is 12. The normalized spacial score (nSPS) is 10.7. The molecule has 0 bridgehead atoms. The maximum Gasteiger partial charge on any atom is 0.205 e. The van der Waals surface area contributed by atoms with Crippen molar-refractivity contribution in [1.82, 2.24) is 0 Å². The number of ether oxygens (including phenoxy) is 7. The van der Waals surface area contributed by atoms with Crippen molar-refractivity contribution in [1.29, 1.82) is 0 Å². The summed E-state index contributed by atoms with van der Waals surface area (Å²) in [6.07, 6.45) is 0.443. The minimum atomic E-state index is -0.428. The van der Waals surface area contributed by atoms with Crippen molar-refractivity contribution < 1.29 is 42.4 Å². The average molecular weight is 565 g/mol. The molecule has 4 aromatic rings. The molecule has 0 saturated heterocycles. The molecule has 0 N–H and O–H groups in total. The van der Waals surface area contributed by atoms with Crippen molar-refractivity contribution in [2.75, 3.05) is 49.8 Å². The van der Waals surface area contributed by atoms with Gasteiger partial charge in [0.05, 0.1) is 49.8 Å². The van der Waals surface area contributed by atoms with Gasteiger partial charge in [0.25, 0.3) is 0 Å². The van der Waals surface area contributed by atoms with Crippen LogP contribution in [0.3, 0.4) is 0 Å². The van der Waals surface area contributed by atoms with Crippen LogP contribution >= 0.6 is 0 Å². The lowest BCUT2D eigenvalue weighted by molar-refractivity contribution is 0.0979. The monoisotopic (exact) mass is 564 g/mol. The third-order valence-electron chi connectivity index (χ3n) is 6.69. The molecule has 0 radical (unpaired) electrons. The molecule has 10 nitrogen and oxygen atoms in total. The van der Waals surface area contributed by atoms with Crippen molar-refractivity contribution in [2.45, 2.75) is 12.8 Å². The Morgan fingerprint density at radius 3 is 1.83 bits per heavy atom. The lowest BCUT2D eigenvalue weighted by Crippen LogP contribution is -2.12. The first kappa shape index (κ1) is 29.1. The maximum atomic E-state index is 13.9. The predicted molar refractivity (Wildman–Crippen MR) is 153 cm³/mol. The fourth-order valence-electron chi connectivity index (χ4n) is 4.70. The molecule has 1 heterocycles. The highest BCUT2D eigenvalue weighted by Crippen LogP contribution is 2.47.